The summed E-state index contributed by atoms with van der Waals surface area (Å²) >= 11 is 0. The van der Waals surface area contributed by atoms with Crippen molar-refractivity contribution in [1.82, 2.24) is 0 Å². The van der Waals surface area contributed by atoms with E-state index in [1.807, 2.05) is 53.7 Å². The molecule has 0 radical (unpaired) electrons. The topological polar surface area (TPSA) is 85.3 Å². The molecule has 3 aromatic rings. The maximum atomic E-state index is 15.6. The van der Waals surface area contributed by atoms with Crippen LogP contribution in [0.2, 0.25) is 0 Å². The lowest BCUT2D eigenvalue weighted by Gasteiger charge is -2.30. The van der Waals surface area contributed by atoms with Crippen molar-refractivity contribution in [2.45, 2.75) is 72.5 Å². The van der Waals surface area contributed by atoms with E-state index < -0.39 is 23.5 Å². The molecular formula is C34H38FNO6. The van der Waals surface area contributed by atoms with E-state index in [9.17, 15) is 14.7 Å². The lowest BCUT2D eigenvalue weighted by molar-refractivity contribution is -0.160. The molecule has 2 aliphatic rings. The van der Waals surface area contributed by atoms with Crippen molar-refractivity contribution in [2.24, 2.45) is 0 Å². The molecule has 2 aliphatic heterocycles. The van der Waals surface area contributed by atoms with Gasteiger partial charge in [-0.05, 0) is 125 Å². The second-order valence-electron chi connectivity index (χ2n) is 12.1. The molecule has 222 valence electrons. The van der Waals surface area contributed by atoms with Crippen LogP contribution in [0.25, 0.3) is 11.1 Å². The smallest absolute Gasteiger partial charge is 0.337 e. The highest BCUT2D eigenvalue weighted by atomic mass is 19.1. The third-order valence-electron chi connectivity index (χ3n) is 8.08. The number of aliphatic carboxylic acids is 1. The molecule has 1 N–H and O–H groups in total. The minimum atomic E-state index is -1.30. The predicted molar refractivity (Wildman–Crippen MR) is 159 cm³/mol. The van der Waals surface area contributed by atoms with Gasteiger partial charge in [0.25, 0.3) is 5.91 Å². The molecule has 2 heterocycles. The average Bonchev–Trinajstić information content (AvgIpc) is 3.35. The second-order valence-corrected chi connectivity index (χ2v) is 12.1. The van der Waals surface area contributed by atoms with Crippen molar-refractivity contribution in [1.29, 1.82) is 0 Å². The van der Waals surface area contributed by atoms with Crippen molar-refractivity contribution >= 4 is 17.6 Å². The average molecular weight is 576 g/mol. The first kappa shape index (κ1) is 29.6. The summed E-state index contributed by atoms with van der Waals surface area (Å²) < 4.78 is 32.8. The Morgan fingerprint density at radius 2 is 1.79 bits per heavy atom. The van der Waals surface area contributed by atoms with E-state index in [1.165, 1.54) is 6.07 Å². The van der Waals surface area contributed by atoms with E-state index in [-0.39, 0.29) is 11.7 Å². The highest BCUT2D eigenvalue weighted by Crippen LogP contribution is 2.48. The van der Waals surface area contributed by atoms with Crippen molar-refractivity contribution in [3.8, 4) is 22.6 Å². The van der Waals surface area contributed by atoms with Crippen LogP contribution in [0.3, 0.4) is 0 Å². The number of halogens is 1. The fourth-order valence-electron chi connectivity index (χ4n) is 6.22. The molecule has 0 saturated heterocycles. The normalized spacial score (nSPS) is 15.1. The standard InChI is InChI=1S/C34H38FNO6/c1-18-15-21(10-11-27(18)40-7)32(37)36-13-12-23-26(36)16-19(2)28(31(33(38)39)42-34(4,5)6)29(23)24-17-25(35)30-22(20(24)3)9-8-14-41-30/h10-11,15-17,31H,8-9,12-14H2,1-7H3,(H,38,39). The highest BCUT2D eigenvalue weighted by molar-refractivity contribution is 6.08. The molecule has 1 amide bonds. The molecule has 5 rings (SSSR count). The fraction of sp³-hybridized carbons (Fsp3) is 0.412. The van der Waals surface area contributed by atoms with Gasteiger partial charge in [-0.2, -0.15) is 0 Å². The Balaban J connectivity index is 1.75. The zero-order chi connectivity index (χ0) is 30.5. The van der Waals surface area contributed by atoms with E-state index in [0.29, 0.717) is 65.2 Å². The summed E-state index contributed by atoms with van der Waals surface area (Å²) in [6.45, 7) is 11.9. The molecule has 1 atom stereocenters. The number of hydrogen-bond donors (Lipinski definition) is 1. The van der Waals surface area contributed by atoms with Gasteiger partial charge in [0.15, 0.2) is 17.7 Å². The van der Waals surface area contributed by atoms with Gasteiger partial charge in [0.1, 0.15) is 5.75 Å². The van der Waals surface area contributed by atoms with Crippen molar-refractivity contribution in [2.75, 3.05) is 25.2 Å². The third kappa shape index (κ3) is 5.24. The molecule has 8 heteroatoms. The van der Waals surface area contributed by atoms with Crippen molar-refractivity contribution in [3.05, 3.63) is 75.1 Å². The quantitative estimate of drug-likeness (QED) is 0.344. The Bertz CT molecular complexity index is 1590. The van der Waals surface area contributed by atoms with Gasteiger partial charge in [-0.3, -0.25) is 4.79 Å². The van der Waals surface area contributed by atoms with Gasteiger partial charge in [-0.15, -0.1) is 0 Å². The van der Waals surface area contributed by atoms with Gasteiger partial charge in [-0.25, -0.2) is 9.18 Å². The Morgan fingerprint density at radius 1 is 1.05 bits per heavy atom. The molecule has 0 aromatic heterocycles. The number of fused-ring (bicyclic) bond motifs is 2. The number of carbonyl (C=O) groups is 2. The molecule has 3 aromatic carbocycles. The largest absolute Gasteiger partial charge is 0.496 e. The predicted octanol–water partition coefficient (Wildman–Crippen LogP) is 6.90. The van der Waals surface area contributed by atoms with Crippen LogP contribution in [-0.2, 0) is 22.4 Å². The molecule has 7 nitrogen and oxygen atoms in total. The number of benzene rings is 3. The van der Waals surface area contributed by atoms with Crippen LogP contribution in [0, 0.1) is 26.6 Å². The zero-order valence-electron chi connectivity index (χ0n) is 25.3. The van der Waals surface area contributed by atoms with Crippen molar-refractivity contribution in [3.63, 3.8) is 0 Å². The van der Waals surface area contributed by atoms with Crippen LogP contribution in [-0.4, -0.2) is 42.8 Å². The van der Waals surface area contributed by atoms with E-state index >= 15 is 4.39 Å². The van der Waals surface area contributed by atoms with Crippen LogP contribution in [0.5, 0.6) is 11.5 Å². The van der Waals surface area contributed by atoms with Crippen LogP contribution in [0.15, 0.2) is 30.3 Å². The van der Waals surface area contributed by atoms with E-state index in [2.05, 4.69) is 0 Å². The van der Waals surface area contributed by atoms with Gasteiger partial charge >= 0.3 is 5.97 Å². The van der Waals surface area contributed by atoms with E-state index in [1.54, 1.807) is 24.1 Å². The second kappa shape index (κ2) is 11.1. The summed E-state index contributed by atoms with van der Waals surface area (Å²) in [6.07, 6.45) is 0.616. The summed E-state index contributed by atoms with van der Waals surface area (Å²) in [4.78, 5) is 28.3. The monoisotopic (exact) mass is 575 g/mol. The molecule has 42 heavy (non-hydrogen) atoms. The Hall–Kier alpha value is -3.91. The molecular weight excluding hydrogens is 537 g/mol. The Morgan fingerprint density at radius 3 is 2.43 bits per heavy atom. The Kier molecular flexibility index (Phi) is 7.79. The number of rotatable bonds is 6. The minimum Gasteiger partial charge on any atom is -0.496 e. The first-order chi connectivity index (χ1) is 19.8. The van der Waals surface area contributed by atoms with Crippen molar-refractivity contribution < 1.29 is 33.3 Å². The first-order valence-corrected chi connectivity index (χ1v) is 14.3. The van der Waals surface area contributed by atoms with Gasteiger partial charge in [0.05, 0.1) is 19.3 Å². The molecule has 0 fully saturated rings. The Labute approximate surface area is 246 Å². The molecule has 0 spiro atoms. The zero-order valence-corrected chi connectivity index (χ0v) is 25.3. The highest BCUT2D eigenvalue weighted by Gasteiger charge is 2.37. The van der Waals surface area contributed by atoms with Crippen LogP contribution < -0.4 is 14.4 Å². The minimum absolute atomic E-state index is 0.167. The third-order valence-corrected chi connectivity index (χ3v) is 8.08. The maximum absolute atomic E-state index is 15.6. The van der Waals surface area contributed by atoms with Crippen LogP contribution in [0.1, 0.15) is 77.0 Å². The van der Waals surface area contributed by atoms with Crippen LogP contribution in [0.4, 0.5) is 10.1 Å². The number of ether oxygens (including phenoxy) is 3. The van der Waals surface area contributed by atoms with E-state index in [4.69, 9.17) is 14.2 Å². The number of hydrogen-bond acceptors (Lipinski definition) is 5. The molecule has 1 unspecified atom stereocenters. The SMILES string of the molecule is COc1ccc(C(=O)N2CCc3c2cc(C)c(C(OC(C)(C)C)C(=O)O)c3-c2cc(F)c3c(c2C)CCCO3)cc1C. The number of anilines is 1. The van der Waals surface area contributed by atoms with Gasteiger partial charge in [-0.1, -0.05) is 0 Å². The fourth-order valence-corrected chi connectivity index (χ4v) is 6.22. The number of carbonyl (C=O) groups excluding carboxylic acids is 1. The summed E-state index contributed by atoms with van der Waals surface area (Å²) in [6, 6.07) is 8.65. The number of amides is 1. The summed E-state index contributed by atoms with van der Waals surface area (Å²) in [5.41, 5.74) is 6.09. The van der Waals surface area contributed by atoms with Gasteiger partial charge in [0, 0.05) is 28.9 Å². The maximum Gasteiger partial charge on any atom is 0.337 e. The molecule has 0 bridgehead atoms. The van der Waals surface area contributed by atoms with Gasteiger partial charge < -0.3 is 24.2 Å². The number of aryl methyl sites for hydroxylation is 2. The van der Waals surface area contributed by atoms with Gasteiger partial charge in [0.2, 0.25) is 0 Å². The summed E-state index contributed by atoms with van der Waals surface area (Å²) in [7, 11) is 1.59. The summed E-state index contributed by atoms with van der Waals surface area (Å²) in [5.74, 6) is -0.813. The number of nitrogens with zero attached hydrogens (tertiary/aromatic N) is 1. The molecule has 0 aliphatic carbocycles. The lowest BCUT2D eigenvalue weighted by atomic mass is 9.83. The van der Waals surface area contributed by atoms with E-state index in [0.717, 1.165) is 28.7 Å². The number of carboxylic acids is 1. The number of methoxy groups -OCH3 is 1. The first-order valence-electron chi connectivity index (χ1n) is 14.3. The summed E-state index contributed by atoms with van der Waals surface area (Å²) in [5, 5.41) is 10.4. The van der Waals surface area contributed by atoms with Crippen LogP contribution >= 0.6 is 0 Å². The number of carboxylic acid groups (broad SMARTS) is 1. The molecule has 0 saturated carbocycles. The lowest BCUT2D eigenvalue weighted by Crippen LogP contribution is -2.30.